The Hall–Kier alpha value is -1.50. The lowest BCUT2D eigenvalue weighted by Gasteiger charge is -2.26. The Labute approximate surface area is 165 Å². The van der Waals surface area contributed by atoms with E-state index in [4.69, 9.17) is 14.5 Å². The van der Waals surface area contributed by atoms with Crippen LogP contribution in [0.5, 0.6) is 0 Å². The van der Waals surface area contributed by atoms with Gasteiger partial charge in [0.25, 0.3) is 0 Å². The molecule has 27 heavy (non-hydrogen) atoms. The minimum absolute atomic E-state index is 0.0738. The fraction of sp³-hybridized carbons (Fsp3) is 0.900. The van der Waals surface area contributed by atoms with E-state index in [1.165, 1.54) is 0 Å². The molecule has 1 rings (SSSR count). The van der Waals surface area contributed by atoms with Crippen LogP contribution >= 0.6 is 0 Å². The number of likely N-dealkylation sites (tertiary alicyclic amines) is 1. The number of nitrogens with one attached hydrogen (secondary N) is 2. The number of ether oxygens (including phenoxy) is 2. The van der Waals surface area contributed by atoms with E-state index in [-0.39, 0.29) is 18.1 Å². The summed E-state index contributed by atoms with van der Waals surface area (Å²) in [6.07, 6.45) is 0.730. The van der Waals surface area contributed by atoms with Crippen LogP contribution in [0.2, 0.25) is 0 Å². The van der Waals surface area contributed by atoms with Crippen LogP contribution < -0.4 is 10.6 Å². The highest BCUT2D eigenvalue weighted by molar-refractivity contribution is 5.80. The van der Waals surface area contributed by atoms with E-state index in [9.17, 15) is 4.79 Å². The third kappa shape index (κ3) is 9.31. The van der Waals surface area contributed by atoms with Gasteiger partial charge in [0.2, 0.25) is 0 Å². The smallest absolute Gasteiger partial charge is 0.407 e. The molecule has 1 amide bonds. The van der Waals surface area contributed by atoms with Gasteiger partial charge in [-0.1, -0.05) is 13.8 Å². The van der Waals surface area contributed by atoms with E-state index in [0.29, 0.717) is 12.5 Å². The first-order valence-corrected chi connectivity index (χ1v) is 10.3. The summed E-state index contributed by atoms with van der Waals surface area (Å²) in [7, 11) is 0. The molecule has 0 aromatic carbocycles. The molecule has 0 aliphatic carbocycles. The molecule has 0 saturated carbocycles. The summed E-state index contributed by atoms with van der Waals surface area (Å²) in [5.41, 5.74) is -0.505. The topological polar surface area (TPSA) is 75.2 Å². The van der Waals surface area contributed by atoms with Crippen LogP contribution in [-0.2, 0) is 9.47 Å². The molecule has 158 valence electrons. The summed E-state index contributed by atoms with van der Waals surface area (Å²) in [5, 5.41) is 6.34. The van der Waals surface area contributed by atoms with Crippen LogP contribution in [0.1, 0.15) is 54.9 Å². The standard InChI is InChI=1S/C20H40N4O3/c1-8-21-18(24-11-10-16(13-24)14-26-9-2)22-12-17(15(3)4)23-19(25)27-20(5,6)7/h15-17H,8-14H2,1-7H3,(H,21,22)(H,23,25). The van der Waals surface area contributed by atoms with E-state index in [1.807, 2.05) is 27.7 Å². The van der Waals surface area contributed by atoms with Crippen LogP contribution in [0.3, 0.4) is 0 Å². The number of rotatable bonds is 8. The predicted octanol–water partition coefficient (Wildman–Crippen LogP) is 2.86. The summed E-state index contributed by atoms with van der Waals surface area (Å²) in [6, 6.07) is -0.0738. The SMILES string of the molecule is CCNC(=NCC(NC(=O)OC(C)(C)C)C(C)C)N1CCC(COCC)C1. The van der Waals surface area contributed by atoms with E-state index in [2.05, 4.69) is 36.3 Å². The quantitative estimate of drug-likeness (QED) is 0.497. The zero-order valence-corrected chi connectivity index (χ0v) is 18.3. The fourth-order valence-electron chi connectivity index (χ4n) is 2.94. The van der Waals surface area contributed by atoms with Gasteiger partial charge in [-0.2, -0.15) is 0 Å². The summed E-state index contributed by atoms with van der Waals surface area (Å²) >= 11 is 0. The van der Waals surface area contributed by atoms with Crippen LogP contribution in [0, 0.1) is 11.8 Å². The minimum atomic E-state index is -0.505. The molecule has 0 spiro atoms. The Morgan fingerprint density at radius 3 is 2.56 bits per heavy atom. The van der Waals surface area contributed by atoms with E-state index in [1.54, 1.807) is 0 Å². The molecule has 1 saturated heterocycles. The molecule has 7 nitrogen and oxygen atoms in total. The lowest BCUT2D eigenvalue weighted by Crippen LogP contribution is -2.45. The number of nitrogens with zero attached hydrogens (tertiary/aromatic N) is 2. The lowest BCUT2D eigenvalue weighted by molar-refractivity contribution is 0.0493. The number of alkyl carbamates (subject to hydrolysis) is 1. The van der Waals surface area contributed by atoms with Gasteiger partial charge in [-0.25, -0.2) is 4.79 Å². The number of aliphatic imine (C=N–C) groups is 1. The van der Waals surface area contributed by atoms with Gasteiger partial charge in [0.05, 0.1) is 19.2 Å². The number of carbonyl (C=O) groups excluding carboxylic acids is 1. The monoisotopic (exact) mass is 384 g/mol. The third-order valence-corrected chi connectivity index (χ3v) is 4.42. The van der Waals surface area contributed by atoms with Gasteiger partial charge in [0, 0.05) is 32.2 Å². The Kier molecular flexibility index (Phi) is 9.91. The molecule has 2 unspecified atom stereocenters. The van der Waals surface area contributed by atoms with Crippen LogP contribution in [0.25, 0.3) is 0 Å². The first-order valence-electron chi connectivity index (χ1n) is 10.3. The molecule has 1 heterocycles. The third-order valence-electron chi connectivity index (χ3n) is 4.42. The van der Waals surface area contributed by atoms with E-state index >= 15 is 0 Å². The maximum Gasteiger partial charge on any atom is 0.407 e. The van der Waals surface area contributed by atoms with E-state index < -0.39 is 5.60 Å². The average molecular weight is 385 g/mol. The molecule has 1 aliphatic heterocycles. The lowest BCUT2D eigenvalue weighted by atomic mass is 10.1. The summed E-state index contributed by atoms with van der Waals surface area (Å²) in [6.45, 7) is 18.7. The van der Waals surface area contributed by atoms with Crippen LogP contribution in [0.15, 0.2) is 4.99 Å². The highest BCUT2D eigenvalue weighted by atomic mass is 16.6. The zero-order chi connectivity index (χ0) is 20.4. The van der Waals surface area contributed by atoms with Gasteiger partial charge >= 0.3 is 6.09 Å². The minimum Gasteiger partial charge on any atom is -0.444 e. The predicted molar refractivity (Wildman–Crippen MR) is 110 cm³/mol. The van der Waals surface area contributed by atoms with Crippen LogP contribution in [0.4, 0.5) is 4.79 Å². The van der Waals surface area contributed by atoms with Crippen molar-refractivity contribution in [2.75, 3.05) is 39.4 Å². The van der Waals surface area contributed by atoms with Gasteiger partial charge in [-0.05, 0) is 47.0 Å². The highest BCUT2D eigenvalue weighted by Gasteiger charge is 2.26. The zero-order valence-electron chi connectivity index (χ0n) is 18.3. The molecule has 2 N–H and O–H groups in total. The van der Waals surface area contributed by atoms with Gasteiger partial charge in [0.15, 0.2) is 5.96 Å². The Balaban J connectivity index is 2.68. The summed E-state index contributed by atoms with van der Waals surface area (Å²) < 4.78 is 11.0. The normalized spacial score (nSPS) is 19.3. The summed E-state index contributed by atoms with van der Waals surface area (Å²) in [4.78, 5) is 19.2. The molecule has 1 aliphatic rings. The fourth-order valence-corrected chi connectivity index (χ4v) is 2.94. The van der Waals surface area contributed by atoms with Crippen molar-refractivity contribution in [1.82, 2.24) is 15.5 Å². The molecule has 0 bridgehead atoms. The number of carbonyl (C=O) groups is 1. The van der Waals surface area contributed by atoms with Crippen molar-refractivity contribution >= 4 is 12.1 Å². The summed E-state index contributed by atoms with van der Waals surface area (Å²) in [5.74, 6) is 1.72. The van der Waals surface area contributed by atoms with Crippen molar-refractivity contribution in [2.24, 2.45) is 16.8 Å². The number of guanidine groups is 1. The second-order valence-corrected chi connectivity index (χ2v) is 8.45. The Morgan fingerprint density at radius 1 is 1.30 bits per heavy atom. The van der Waals surface area contributed by atoms with Gasteiger partial charge in [0.1, 0.15) is 5.60 Å². The maximum atomic E-state index is 12.1. The van der Waals surface area contributed by atoms with E-state index in [0.717, 1.165) is 45.2 Å². The number of amides is 1. The highest BCUT2D eigenvalue weighted by Crippen LogP contribution is 2.17. The molecule has 0 aromatic heterocycles. The molecule has 7 heteroatoms. The molecule has 1 fully saturated rings. The van der Waals surface area contributed by atoms with Crippen molar-refractivity contribution in [3.05, 3.63) is 0 Å². The van der Waals surface area contributed by atoms with Crippen LogP contribution in [-0.4, -0.2) is 68.0 Å². The Morgan fingerprint density at radius 2 is 2.00 bits per heavy atom. The second kappa shape index (κ2) is 11.4. The molecule has 0 radical (unpaired) electrons. The van der Waals surface area contributed by atoms with Crippen molar-refractivity contribution in [3.63, 3.8) is 0 Å². The Bertz CT molecular complexity index is 474. The first-order chi connectivity index (χ1) is 12.7. The number of hydrogen-bond donors (Lipinski definition) is 2. The maximum absolute atomic E-state index is 12.1. The van der Waals surface area contributed by atoms with Gasteiger partial charge in [-0.3, -0.25) is 4.99 Å². The van der Waals surface area contributed by atoms with Gasteiger partial charge < -0.3 is 25.0 Å². The van der Waals surface area contributed by atoms with Crippen molar-refractivity contribution in [2.45, 2.75) is 66.5 Å². The van der Waals surface area contributed by atoms with Crippen molar-refractivity contribution in [3.8, 4) is 0 Å². The molecule has 0 aromatic rings. The second-order valence-electron chi connectivity index (χ2n) is 8.45. The molecular weight excluding hydrogens is 344 g/mol. The first kappa shape index (κ1) is 23.5. The van der Waals surface area contributed by atoms with Crippen molar-refractivity contribution in [1.29, 1.82) is 0 Å². The molecular formula is C20H40N4O3. The van der Waals surface area contributed by atoms with Crippen molar-refractivity contribution < 1.29 is 14.3 Å². The largest absolute Gasteiger partial charge is 0.444 e. The average Bonchev–Trinajstić information content (AvgIpc) is 3.02. The molecule has 2 atom stereocenters. The van der Waals surface area contributed by atoms with Gasteiger partial charge in [-0.15, -0.1) is 0 Å². The number of hydrogen-bond acceptors (Lipinski definition) is 4.